The number of rotatable bonds is 4. The van der Waals surface area contributed by atoms with Gasteiger partial charge in [0.05, 0.1) is 11.5 Å². The maximum absolute atomic E-state index is 11.6. The standard InChI is InChI=1S/C14H28N2O2S/c1-12-3-5-14(9-15,6-4-12)10-16-13(2)7-8-19(17,18)11-13/h12,16H,3-11,15H2,1-2H3. The number of sulfone groups is 1. The van der Waals surface area contributed by atoms with Crippen molar-refractivity contribution >= 4 is 9.84 Å². The Labute approximate surface area is 117 Å². The van der Waals surface area contributed by atoms with Crippen molar-refractivity contribution in [2.24, 2.45) is 17.1 Å². The highest BCUT2D eigenvalue weighted by atomic mass is 32.2. The molecule has 3 N–H and O–H groups in total. The maximum atomic E-state index is 11.6. The van der Waals surface area contributed by atoms with E-state index in [1.54, 1.807) is 0 Å². The van der Waals surface area contributed by atoms with E-state index < -0.39 is 9.84 Å². The molecule has 1 heterocycles. The van der Waals surface area contributed by atoms with Crippen LogP contribution in [-0.2, 0) is 9.84 Å². The molecule has 1 unspecified atom stereocenters. The summed E-state index contributed by atoms with van der Waals surface area (Å²) in [5.41, 5.74) is 5.94. The summed E-state index contributed by atoms with van der Waals surface area (Å²) < 4.78 is 23.2. The highest BCUT2D eigenvalue weighted by molar-refractivity contribution is 7.91. The lowest BCUT2D eigenvalue weighted by molar-refractivity contribution is 0.146. The van der Waals surface area contributed by atoms with Crippen LogP contribution >= 0.6 is 0 Å². The molecule has 0 aromatic heterocycles. The zero-order chi connectivity index (χ0) is 14.1. The Balaban J connectivity index is 1.93. The molecular weight excluding hydrogens is 260 g/mol. The summed E-state index contributed by atoms with van der Waals surface area (Å²) in [6.07, 6.45) is 5.55. The lowest BCUT2D eigenvalue weighted by Gasteiger charge is -2.41. The fourth-order valence-corrected chi connectivity index (χ4v) is 5.50. The predicted octanol–water partition coefficient (Wildman–Crippen LogP) is 1.31. The molecule has 2 fully saturated rings. The third kappa shape index (κ3) is 3.70. The first kappa shape index (κ1) is 15.3. The molecule has 2 rings (SSSR count). The van der Waals surface area contributed by atoms with E-state index in [9.17, 15) is 8.42 Å². The van der Waals surface area contributed by atoms with Crippen molar-refractivity contribution in [2.45, 2.75) is 51.5 Å². The monoisotopic (exact) mass is 288 g/mol. The molecule has 5 heteroatoms. The molecule has 1 saturated carbocycles. The first-order valence-corrected chi connectivity index (χ1v) is 9.26. The highest BCUT2D eigenvalue weighted by Gasteiger charge is 2.40. The molecule has 1 saturated heterocycles. The van der Waals surface area contributed by atoms with Crippen molar-refractivity contribution in [1.82, 2.24) is 5.32 Å². The second-order valence-corrected chi connectivity index (χ2v) is 9.33. The molecule has 4 nitrogen and oxygen atoms in total. The number of hydrogen-bond donors (Lipinski definition) is 2. The van der Waals surface area contributed by atoms with Crippen LogP contribution < -0.4 is 11.1 Å². The summed E-state index contributed by atoms with van der Waals surface area (Å²) in [5.74, 6) is 1.40. The van der Waals surface area contributed by atoms with Gasteiger partial charge in [0, 0.05) is 12.1 Å². The molecule has 0 aromatic carbocycles. The van der Waals surface area contributed by atoms with Crippen LogP contribution in [0.4, 0.5) is 0 Å². The smallest absolute Gasteiger partial charge is 0.152 e. The topological polar surface area (TPSA) is 72.2 Å². The molecule has 0 bridgehead atoms. The average Bonchev–Trinajstić information content (AvgIpc) is 2.64. The zero-order valence-electron chi connectivity index (χ0n) is 12.2. The van der Waals surface area contributed by atoms with Crippen molar-refractivity contribution in [2.75, 3.05) is 24.6 Å². The fraction of sp³-hybridized carbons (Fsp3) is 1.00. The second-order valence-electron chi connectivity index (χ2n) is 7.14. The quantitative estimate of drug-likeness (QED) is 0.818. The van der Waals surface area contributed by atoms with E-state index in [1.807, 2.05) is 6.92 Å². The molecule has 1 atom stereocenters. The summed E-state index contributed by atoms with van der Waals surface area (Å²) in [5, 5.41) is 3.53. The molecule has 1 aliphatic heterocycles. The predicted molar refractivity (Wildman–Crippen MR) is 78.8 cm³/mol. The Bertz CT molecular complexity index is 413. The number of nitrogens with two attached hydrogens (primary N) is 1. The van der Waals surface area contributed by atoms with E-state index >= 15 is 0 Å². The van der Waals surface area contributed by atoms with Crippen molar-refractivity contribution < 1.29 is 8.42 Å². The summed E-state index contributed by atoms with van der Waals surface area (Å²) >= 11 is 0. The van der Waals surface area contributed by atoms with E-state index in [4.69, 9.17) is 5.73 Å². The van der Waals surface area contributed by atoms with Crippen molar-refractivity contribution in [3.63, 3.8) is 0 Å². The lowest BCUT2D eigenvalue weighted by Crippen LogP contribution is -2.51. The van der Waals surface area contributed by atoms with Crippen LogP contribution in [0.25, 0.3) is 0 Å². The third-order valence-electron chi connectivity index (χ3n) is 5.16. The van der Waals surface area contributed by atoms with E-state index in [0.29, 0.717) is 12.3 Å². The maximum Gasteiger partial charge on any atom is 0.152 e. The van der Waals surface area contributed by atoms with E-state index in [1.165, 1.54) is 25.7 Å². The van der Waals surface area contributed by atoms with E-state index in [0.717, 1.165) is 18.9 Å². The molecule has 19 heavy (non-hydrogen) atoms. The van der Waals surface area contributed by atoms with Gasteiger partial charge in [0.2, 0.25) is 0 Å². The van der Waals surface area contributed by atoms with Crippen LogP contribution in [0.5, 0.6) is 0 Å². The first-order chi connectivity index (χ1) is 8.78. The van der Waals surface area contributed by atoms with Gasteiger partial charge in [-0.2, -0.15) is 0 Å². The average molecular weight is 288 g/mol. The van der Waals surface area contributed by atoms with Crippen molar-refractivity contribution in [1.29, 1.82) is 0 Å². The van der Waals surface area contributed by atoms with Gasteiger partial charge >= 0.3 is 0 Å². The Morgan fingerprint density at radius 1 is 1.26 bits per heavy atom. The Morgan fingerprint density at radius 2 is 1.89 bits per heavy atom. The van der Waals surface area contributed by atoms with Crippen LogP contribution in [0.2, 0.25) is 0 Å². The minimum atomic E-state index is -2.84. The third-order valence-corrected chi connectivity index (χ3v) is 7.06. The SMILES string of the molecule is CC1CCC(CN)(CNC2(C)CCS(=O)(=O)C2)CC1. The summed E-state index contributed by atoms with van der Waals surface area (Å²) in [6.45, 7) is 5.91. The first-order valence-electron chi connectivity index (χ1n) is 7.44. The zero-order valence-corrected chi connectivity index (χ0v) is 13.1. The van der Waals surface area contributed by atoms with Gasteiger partial charge in [0.1, 0.15) is 0 Å². The Morgan fingerprint density at radius 3 is 2.37 bits per heavy atom. The van der Waals surface area contributed by atoms with Gasteiger partial charge in [-0.15, -0.1) is 0 Å². The molecular formula is C14H28N2O2S. The lowest BCUT2D eigenvalue weighted by atomic mass is 9.70. The Hall–Kier alpha value is -0.130. The van der Waals surface area contributed by atoms with Crippen LogP contribution in [0.3, 0.4) is 0 Å². The van der Waals surface area contributed by atoms with Crippen LogP contribution in [0.1, 0.15) is 46.0 Å². The highest BCUT2D eigenvalue weighted by Crippen LogP contribution is 2.38. The van der Waals surface area contributed by atoms with Gasteiger partial charge in [0.25, 0.3) is 0 Å². The van der Waals surface area contributed by atoms with Crippen molar-refractivity contribution in [3.05, 3.63) is 0 Å². The number of nitrogens with one attached hydrogen (secondary N) is 1. The summed E-state index contributed by atoms with van der Waals surface area (Å²) in [4.78, 5) is 0. The van der Waals surface area contributed by atoms with Gasteiger partial charge in [-0.1, -0.05) is 19.8 Å². The molecule has 112 valence electrons. The normalized spacial score (nSPS) is 42.4. The van der Waals surface area contributed by atoms with Crippen LogP contribution in [0.15, 0.2) is 0 Å². The summed E-state index contributed by atoms with van der Waals surface area (Å²) in [6, 6.07) is 0. The second kappa shape index (κ2) is 5.34. The number of hydrogen-bond acceptors (Lipinski definition) is 4. The van der Waals surface area contributed by atoms with E-state index in [-0.39, 0.29) is 16.7 Å². The van der Waals surface area contributed by atoms with Gasteiger partial charge in [-0.25, -0.2) is 8.42 Å². The fourth-order valence-electron chi connectivity index (χ4n) is 3.38. The van der Waals surface area contributed by atoms with Gasteiger partial charge < -0.3 is 11.1 Å². The molecule has 2 aliphatic rings. The van der Waals surface area contributed by atoms with Crippen molar-refractivity contribution in [3.8, 4) is 0 Å². The molecule has 0 spiro atoms. The van der Waals surface area contributed by atoms with E-state index in [2.05, 4.69) is 12.2 Å². The summed E-state index contributed by atoms with van der Waals surface area (Å²) in [7, 11) is -2.84. The van der Waals surface area contributed by atoms with Gasteiger partial charge in [-0.05, 0) is 44.1 Å². The Kier molecular flexibility index (Phi) is 4.29. The molecule has 0 aromatic rings. The minimum Gasteiger partial charge on any atom is -0.330 e. The molecule has 1 aliphatic carbocycles. The van der Waals surface area contributed by atoms with Gasteiger partial charge in [-0.3, -0.25) is 0 Å². The minimum absolute atomic E-state index is 0.182. The van der Waals surface area contributed by atoms with Crippen LogP contribution in [0, 0.1) is 11.3 Å². The van der Waals surface area contributed by atoms with Crippen LogP contribution in [-0.4, -0.2) is 38.6 Å². The molecule has 0 amide bonds. The largest absolute Gasteiger partial charge is 0.330 e. The van der Waals surface area contributed by atoms with Gasteiger partial charge in [0.15, 0.2) is 9.84 Å². The molecule has 0 radical (unpaired) electrons.